The van der Waals surface area contributed by atoms with Crippen molar-refractivity contribution in [2.24, 2.45) is 0 Å². The normalized spacial score (nSPS) is 11.2. The number of nitrogens with zero attached hydrogens (tertiary/aromatic N) is 1. The highest BCUT2D eigenvalue weighted by Gasteiger charge is 2.20. The lowest BCUT2D eigenvalue weighted by atomic mass is 10.1. The number of carbonyl (C=O) groups is 1. The van der Waals surface area contributed by atoms with Crippen LogP contribution in [-0.2, 0) is 15.6 Å². The first-order valence-electron chi connectivity index (χ1n) is 5.87. The van der Waals surface area contributed by atoms with Gasteiger partial charge in [0.15, 0.2) is 9.84 Å². The van der Waals surface area contributed by atoms with E-state index in [1.165, 1.54) is 24.4 Å². The molecule has 0 aliphatic carbocycles. The van der Waals surface area contributed by atoms with Gasteiger partial charge in [0.05, 0.1) is 21.9 Å². The molecule has 2 aromatic rings. The molecule has 1 N–H and O–H groups in total. The second-order valence-electron chi connectivity index (χ2n) is 4.37. The molecule has 2 rings (SSSR count). The largest absolute Gasteiger partial charge is 0.478 e. The van der Waals surface area contributed by atoms with E-state index in [0.717, 1.165) is 0 Å². The summed E-state index contributed by atoms with van der Waals surface area (Å²) in [6.45, 7) is 1.64. The Bertz CT molecular complexity index is 739. The van der Waals surface area contributed by atoms with E-state index in [9.17, 15) is 13.2 Å². The van der Waals surface area contributed by atoms with Crippen molar-refractivity contribution in [3.05, 3.63) is 59.4 Å². The fraction of sp³-hybridized carbons (Fsp3) is 0.143. The third-order valence-corrected chi connectivity index (χ3v) is 4.62. The van der Waals surface area contributed by atoms with E-state index >= 15 is 0 Å². The van der Waals surface area contributed by atoms with Crippen LogP contribution in [0.1, 0.15) is 21.6 Å². The molecule has 0 saturated carbocycles. The Balaban J connectivity index is 2.44. The zero-order valence-corrected chi connectivity index (χ0v) is 11.6. The molecule has 1 heterocycles. The lowest BCUT2D eigenvalue weighted by Crippen LogP contribution is -2.09. The number of aromatic nitrogens is 1. The van der Waals surface area contributed by atoms with Crippen molar-refractivity contribution in [1.82, 2.24) is 4.98 Å². The minimum atomic E-state index is -3.63. The molecule has 0 aliphatic heterocycles. The average Bonchev–Trinajstić information content (AvgIpc) is 2.39. The van der Waals surface area contributed by atoms with Gasteiger partial charge in [-0.05, 0) is 36.8 Å². The van der Waals surface area contributed by atoms with Gasteiger partial charge in [0, 0.05) is 6.20 Å². The summed E-state index contributed by atoms with van der Waals surface area (Å²) in [5, 5.41) is 8.95. The molecule has 5 nitrogen and oxygen atoms in total. The third kappa shape index (κ3) is 3.03. The Morgan fingerprint density at radius 3 is 2.60 bits per heavy atom. The first kappa shape index (κ1) is 14.2. The van der Waals surface area contributed by atoms with E-state index in [1.54, 1.807) is 25.1 Å². The second kappa shape index (κ2) is 5.42. The van der Waals surface area contributed by atoms with Crippen molar-refractivity contribution in [3.63, 3.8) is 0 Å². The van der Waals surface area contributed by atoms with Gasteiger partial charge in [0.1, 0.15) is 0 Å². The summed E-state index contributed by atoms with van der Waals surface area (Å²) in [5.74, 6) is -1.41. The van der Waals surface area contributed by atoms with Gasteiger partial charge < -0.3 is 5.11 Å². The van der Waals surface area contributed by atoms with Gasteiger partial charge in [0.25, 0.3) is 0 Å². The minimum Gasteiger partial charge on any atom is -0.478 e. The number of benzene rings is 1. The molecule has 1 aromatic carbocycles. The summed E-state index contributed by atoms with van der Waals surface area (Å²) >= 11 is 0. The smallest absolute Gasteiger partial charge is 0.335 e. The summed E-state index contributed by atoms with van der Waals surface area (Å²) in [4.78, 5) is 15.0. The monoisotopic (exact) mass is 291 g/mol. The van der Waals surface area contributed by atoms with Crippen molar-refractivity contribution in [2.75, 3.05) is 0 Å². The van der Waals surface area contributed by atoms with Crippen LogP contribution >= 0.6 is 0 Å². The van der Waals surface area contributed by atoms with E-state index < -0.39 is 15.8 Å². The van der Waals surface area contributed by atoms with Crippen molar-refractivity contribution >= 4 is 15.8 Å². The van der Waals surface area contributed by atoms with E-state index in [0.29, 0.717) is 11.3 Å². The summed E-state index contributed by atoms with van der Waals surface area (Å²) in [7, 11) is -3.63. The highest BCUT2D eigenvalue weighted by Crippen LogP contribution is 2.21. The predicted molar refractivity (Wildman–Crippen MR) is 73.3 cm³/mol. The lowest BCUT2D eigenvalue weighted by molar-refractivity contribution is 0.0696. The molecule has 0 saturated heterocycles. The zero-order valence-electron chi connectivity index (χ0n) is 10.8. The van der Waals surface area contributed by atoms with Crippen LogP contribution in [0.4, 0.5) is 0 Å². The van der Waals surface area contributed by atoms with Crippen LogP contribution in [0.3, 0.4) is 0 Å². The van der Waals surface area contributed by atoms with Crippen LogP contribution in [0.5, 0.6) is 0 Å². The van der Waals surface area contributed by atoms with Crippen molar-refractivity contribution in [3.8, 4) is 0 Å². The number of carboxylic acids is 1. The van der Waals surface area contributed by atoms with Crippen molar-refractivity contribution < 1.29 is 18.3 Å². The maximum absolute atomic E-state index is 12.4. The Labute approximate surface area is 116 Å². The van der Waals surface area contributed by atoms with Gasteiger partial charge in [-0.2, -0.15) is 0 Å². The van der Waals surface area contributed by atoms with Crippen LogP contribution in [0.2, 0.25) is 0 Å². The lowest BCUT2D eigenvalue weighted by Gasteiger charge is -2.08. The molecular formula is C14H13NO4S. The average molecular weight is 291 g/mol. The van der Waals surface area contributed by atoms with E-state index in [2.05, 4.69) is 4.98 Å². The number of sulfone groups is 1. The van der Waals surface area contributed by atoms with E-state index in [-0.39, 0.29) is 16.2 Å². The van der Waals surface area contributed by atoms with E-state index in [4.69, 9.17) is 5.11 Å². The number of aromatic carboxylic acids is 1. The summed E-state index contributed by atoms with van der Waals surface area (Å²) in [6, 6.07) is 9.10. The molecule has 0 spiro atoms. The van der Waals surface area contributed by atoms with Crippen LogP contribution in [0, 0.1) is 6.92 Å². The van der Waals surface area contributed by atoms with Gasteiger partial charge in [-0.15, -0.1) is 0 Å². The Morgan fingerprint density at radius 1 is 1.25 bits per heavy atom. The van der Waals surface area contributed by atoms with Gasteiger partial charge in [-0.25, -0.2) is 13.2 Å². The standard InChI is InChI=1S/C14H13NO4S/c1-10-5-6-11(14(16)17)8-13(10)20(18,19)9-12-4-2-3-7-15-12/h2-8H,9H2,1H3,(H,16,17). The Morgan fingerprint density at radius 2 is 2.00 bits per heavy atom. The second-order valence-corrected chi connectivity index (χ2v) is 6.32. The van der Waals surface area contributed by atoms with Crippen molar-refractivity contribution in [1.29, 1.82) is 0 Å². The number of pyridine rings is 1. The highest BCUT2D eigenvalue weighted by molar-refractivity contribution is 7.90. The topological polar surface area (TPSA) is 84.3 Å². The Hall–Kier alpha value is -2.21. The van der Waals surface area contributed by atoms with E-state index in [1.807, 2.05) is 0 Å². The predicted octanol–water partition coefficient (Wildman–Crippen LogP) is 2.06. The van der Waals surface area contributed by atoms with Crippen LogP contribution in [-0.4, -0.2) is 24.5 Å². The minimum absolute atomic E-state index is 0.0306. The maximum Gasteiger partial charge on any atom is 0.335 e. The summed E-state index contributed by atoms with van der Waals surface area (Å²) in [6.07, 6.45) is 1.52. The fourth-order valence-corrected chi connectivity index (χ4v) is 3.40. The number of aryl methyl sites for hydroxylation is 1. The van der Waals surface area contributed by atoms with Crippen LogP contribution < -0.4 is 0 Å². The number of hydrogen-bond donors (Lipinski definition) is 1. The van der Waals surface area contributed by atoms with Gasteiger partial charge >= 0.3 is 5.97 Å². The molecule has 0 unspecified atom stereocenters. The van der Waals surface area contributed by atoms with Crippen LogP contribution in [0.25, 0.3) is 0 Å². The highest BCUT2D eigenvalue weighted by atomic mass is 32.2. The molecule has 20 heavy (non-hydrogen) atoms. The molecule has 0 amide bonds. The first-order valence-corrected chi connectivity index (χ1v) is 7.52. The molecule has 104 valence electrons. The molecule has 0 fully saturated rings. The molecule has 0 radical (unpaired) electrons. The van der Waals surface area contributed by atoms with Gasteiger partial charge in [-0.1, -0.05) is 12.1 Å². The third-order valence-electron chi connectivity index (χ3n) is 2.83. The molecular weight excluding hydrogens is 278 g/mol. The number of hydrogen-bond acceptors (Lipinski definition) is 4. The van der Waals surface area contributed by atoms with Gasteiger partial charge in [-0.3, -0.25) is 4.98 Å². The number of carboxylic acid groups (broad SMARTS) is 1. The molecule has 0 aliphatic rings. The molecule has 1 aromatic heterocycles. The summed E-state index contributed by atoms with van der Waals surface area (Å²) < 4.78 is 24.7. The van der Waals surface area contributed by atoms with Gasteiger partial charge in [0.2, 0.25) is 0 Å². The SMILES string of the molecule is Cc1ccc(C(=O)O)cc1S(=O)(=O)Cc1ccccn1. The summed E-state index contributed by atoms with van der Waals surface area (Å²) in [5.41, 5.74) is 0.897. The zero-order chi connectivity index (χ0) is 14.8. The quantitative estimate of drug-likeness (QED) is 0.932. The fourth-order valence-electron chi connectivity index (χ4n) is 1.82. The van der Waals surface area contributed by atoms with Crippen molar-refractivity contribution in [2.45, 2.75) is 17.6 Å². The first-order chi connectivity index (χ1) is 9.40. The van der Waals surface area contributed by atoms with Crippen LogP contribution in [0.15, 0.2) is 47.5 Å². The molecule has 6 heteroatoms. The number of rotatable bonds is 4. The molecule has 0 atom stereocenters. The Kier molecular flexibility index (Phi) is 3.85. The maximum atomic E-state index is 12.4. The molecule has 0 bridgehead atoms.